The minimum Gasteiger partial charge on any atom is -0.282 e. The monoisotopic (exact) mass is 251 g/mol. The Labute approximate surface area is 110 Å². The highest BCUT2D eigenvalue weighted by Crippen LogP contribution is 2.40. The van der Waals surface area contributed by atoms with Crippen LogP contribution >= 0.6 is 0 Å². The first-order chi connectivity index (χ1) is 8.54. The molecule has 3 nitrogen and oxygen atoms in total. The summed E-state index contributed by atoms with van der Waals surface area (Å²) in [5.41, 5.74) is 0. The number of amides is 2. The fourth-order valence-electron chi connectivity index (χ4n) is 3.35. The van der Waals surface area contributed by atoms with Crippen molar-refractivity contribution in [1.29, 1.82) is 0 Å². The van der Waals surface area contributed by atoms with E-state index in [1.807, 2.05) is 0 Å². The molecule has 0 aliphatic heterocycles. The highest BCUT2D eigenvalue weighted by atomic mass is 16.2. The molecule has 2 fully saturated rings. The van der Waals surface area contributed by atoms with E-state index in [9.17, 15) is 9.59 Å². The normalized spacial score (nSPS) is 32.3. The number of nitrogens with zero attached hydrogens (tertiary/aromatic N) is 1. The Hall–Kier alpha value is -0.860. The number of hydrogen-bond acceptors (Lipinski definition) is 2. The lowest BCUT2D eigenvalue weighted by Crippen LogP contribution is -2.43. The minimum atomic E-state index is 0.0690. The lowest BCUT2D eigenvalue weighted by Gasteiger charge is -2.37. The maximum atomic E-state index is 12.6. The molecule has 2 saturated carbocycles. The van der Waals surface area contributed by atoms with E-state index in [0.29, 0.717) is 17.8 Å². The van der Waals surface area contributed by atoms with Gasteiger partial charge in [-0.1, -0.05) is 27.2 Å². The van der Waals surface area contributed by atoms with E-state index in [1.165, 1.54) is 11.3 Å². The third kappa shape index (κ3) is 2.76. The molecule has 0 heterocycles. The molecule has 0 N–H and O–H groups in total. The van der Waals surface area contributed by atoms with Gasteiger partial charge in [0.1, 0.15) is 0 Å². The molecule has 2 rings (SSSR count). The summed E-state index contributed by atoms with van der Waals surface area (Å²) >= 11 is 0. The van der Waals surface area contributed by atoms with Crippen LogP contribution in [0.15, 0.2) is 0 Å². The van der Waals surface area contributed by atoms with Crippen LogP contribution in [0.25, 0.3) is 0 Å². The number of carbonyl (C=O) groups excluding carboxylic acids is 2. The van der Waals surface area contributed by atoms with Crippen molar-refractivity contribution < 1.29 is 9.59 Å². The van der Waals surface area contributed by atoms with Crippen LogP contribution in [0.2, 0.25) is 0 Å². The molecule has 0 aromatic carbocycles. The van der Waals surface area contributed by atoms with Crippen molar-refractivity contribution in [3.63, 3.8) is 0 Å². The van der Waals surface area contributed by atoms with Crippen molar-refractivity contribution >= 4 is 12.3 Å². The molecule has 3 atom stereocenters. The molecular formula is C15H25NO2. The summed E-state index contributed by atoms with van der Waals surface area (Å²) in [6.45, 7) is 6.62. The van der Waals surface area contributed by atoms with Gasteiger partial charge < -0.3 is 0 Å². The van der Waals surface area contributed by atoms with Crippen molar-refractivity contribution in [2.45, 2.75) is 58.9 Å². The first-order valence-electron chi connectivity index (χ1n) is 7.32. The molecule has 2 amide bonds. The fourth-order valence-corrected chi connectivity index (χ4v) is 3.35. The van der Waals surface area contributed by atoms with Gasteiger partial charge in [-0.3, -0.25) is 14.5 Å². The van der Waals surface area contributed by atoms with Crippen LogP contribution in [0.3, 0.4) is 0 Å². The van der Waals surface area contributed by atoms with E-state index in [-0.39, 0.29) is 17.9 Å². The zero-order valence-electron chi connectivity index (χ0n) is 11.8. The van der Waals surface area contributed by atoms with Gasteiger partial charge in [0.25, 0.3) is 0 Å². The van der Waals surface area contributed by atoms with Gasteiger partial charge in [0.2, 0.25) is 12.3 Å². The van der Waals surface area contributed by atoms with Crippen LogP contribution < -0.4 is 0 Å². The Morgan fingerprint density at radius 3 is 2.39 bits per heavy atom. The van der Waals surface area contributed by atoms with E-state index in [2.05, 4.69) is 20.8 Å². The Kier molecular flexibility index (Phi) is 4.08. The first-order valence-corrected chi connectivity index (χ1v) is 7.32. The van der Waals surface area contributed by atoms with Crippen LogP contribution in [0.5, 0.6) is 0 Å². The predicted octanol–water partition coefficient (Wildman–Crippen LogP) is 2.84. The predicted molar refractivity (Wildman–Crippen MR) is 70.8 cm³/mol. The van der Waals surface area contributed by atoms with Crippen LogP contribution in [-0.4, -0.2) is 23.3 Å². The van der Waals surface area contributed by atoms with Gasteiger partial charge in [-0.15, -0.1) is 0 Å². The topological polar surface area (TPSA) is 37.4 Å². The van der Waals surface area contributed by atoms with Gasteiger partial charge in [-0.05, 0) is 43.4 Å². The third-order valence-electron chi connectivity index (χ3n) is 4.65. The highest BCUT2D eigenvalue weighted by molar-refractivity contribution is 5.89. The molecule has 0 spiro atoms. The van der Waals surface area contributed by atoms with E-state index in [0.717, 1.165) is 32.1 Å². The maximum Gasteiger partial charge on any atom is 0.232 e. The van der Waals surface area contributed by atoms with Crippen molar-refractivity contribution in [3.05, 3.63) is 0 Å². The SMILES string of the molecule is CC1CCC(C(C)C)C(C(=O)N(C=O)C2CC2)C1. The standard InChI is InChI=1S/C15H25NO2/c1-10(2)13-7-4-11(3)8-14(13)15(18)16(9-17)12-5-6-12/h9-14H,4-8H2,1-3H3. The lowest BCUT2D eigenvalue weighted by molar-refractivity contribution is -0.145. The van der Waals surface area contributed by atoms with E-state index >= 15 is 0 Å². The second-order valence-electron chi connectivity index (χ2n) is 6.51. The molecular weight excluding hydrogens is 226 g/mol. The maximum absolute atomic E-state index is 12.6. The number of imide groups is 1. The second-order valence-corrected chi connectivity index (χ2v) is 6.51. The summed E-state index contributed by atoms with van der Waals surface area (Å²) in [7, 11) is 0. The van der Waals surface area contributed by atoms with Gasteiger partial charge >= 0.3 is 0 Å². The van der Waals surface area contributed by atoms with Crippen LogP contribution in [0.1, 0.15) is 52.9 Å². The largest absolute Gasteiger partial charge is 0.282 e. The first kappa shape index (κ1) is 13.6. The summed E-state index contributed by atoms with van der Waals surface area (Å²) < 4.78 is 0. The van der Waals surface area contributed by atoms with Crippen LogP contribution in [0, 0.1) is 23.7 Å². The zero-order chi connectivity index (χ0) is 13.3. The number of rotatable bonds is 4. The number of carbonyl (C=O) groups is 2. The quantitative estimate of drug-likeness (QED) is 0.720. The number of hydrogen-bond donors (Lipinski definition) is 0. The average Bonchev–Trinajstić information content (AvgIpc) is 3.13. The molecule has 3 unspecified atom stereocenters. The molecule has 2 aliphatic rings. The highest BCUT2D eigenvalue weighted by Gasteiger charge is 2.41. The smallest absolute Gasteiger partial charge is 0.232 e. The Balaban J connectivity index is 2.10. The summed E-state index contributed by atoms with van der Waals surface area (Å²) in [6.07, 6.45) is 6.07. The molecule has 0 bridgehead atoms. The van der Waals surface area contributed by atoms with Gasteiger partial charge in [-0.25, -0.2) is 0 Å². The summed E-state index contributed by atoms with van der Waals surface area (Å²) in [4.78, 5) is 25.2. The third-order valence-corrected chi connectivity index (χ3v) is 4.65. The van der Waals surface area contributed by atoms with Gasteiger partial charge in [0, 0.05) is 12.0 Å². The Morgan fingerprint density at radius 2 is 1.89 bits per heavy atom. The fraction of sp³-hybridized carbons (Fsp3) is 0.867. The average molecular weight is 251 g/mol. The van der Waals surface area contributed by atoms with Crippen LogP contribution in [0.4, 0.5) is 0 Å². The van der Waals surface area contributed by atoms with Crippen molar-refractivity contribution in [2.24, 2.45) is 23.7 Å². The van der Waals surface area contributed by atoms with Crippen molar-refractivity contribution in [1.82, 2.24) is 4.90 Å². The molecule has 0 aromatic heterocycles. The molecule has 2 aliphatic carbocycles. The minimum absolute atomic E-state index is 0.0690. The Bertz CT molecular complexity index is 322. The molecule has 0 radical (unpaired) electrons. The van der Waals surface area contributed by atoms with E-state index in [1.54, 1.807) is 0 Å². The van der Waals surface area contributed by atoms with E-state index < -0.39 is 0 Å². The van der Waals surface area contributed by atoms with Gasteiger partial charge in [0.15, 0.2) is 0 Å². The summed E-state index contributed by atoms with van der Waals surface area (Å²) in [5, 5.41) is 0. The van der Waals surface area contributed by atoms with Gasteiger partial charge in [-0.2, -0.15) is 0 Å². The molecule has 18 heavy (non-hydrogen) atoms. The molecule has 102 valence electrons. The van der Waals surface area contributed by atoms with Gasteiger partial charge in [0.05, 0.1) is 0 Å². The summed E-state index contributed by atoms with van der Waals surface area (Å²) in [5.74, 6) is 1.76. The van der Waals surface area contributed by atoms with E-state index in [4.69, 9.17) is 0 Å². The van der Waals surface area contributed by atoms with Crippen molar-refractivity contribution in [3.8, 4) is 0 Å². The summed E-state index contributed by atoms with van der Waals surface area (Å²) in [6, 6.07) is 0.208. The van der Waals surface area contributed by atoms with Crippen LogP contribution in [-0.2, 0) is 9.59 Å². The molecule has 0 saturated heterocycles. The Morgan fingerprint density at radius 1 is 1.22 bits per heavy atom. The van der Waals surface area contributed by atoms with Crippen molar-refractivity contribution in [2.75, 3.05) is 0 Å². The molecule has 3 heteroatoms. The zero-order valence-corrected chi connectivity index (χ0v) is 11.8. The molecule has 0 aromatic rings. The second kappa shape index (κ2) is 5.41. The lowest BCUT2D eigenvalue weighted by atomic mass is 9.69.